The molecule has 2 aliphatic rings. The van der Waals surface area contributed by atoms with Gasteiger partial charge in [0.1, 0.15) is 0 Å². The third kappa shape index (κ3) is 4.95. The number of aryl methyl sites for hydroxylation is 4. The number of benzene rings is 7. The van der Waals surface area contributed by atoms with Crippen molar-refractivity contribution in [2.45, 2.75) is 53.0 Å². The maximum atomic E-state index is 2.60. The molecule has 62 heavy (non-hydrogen) atoms. The van der Waals surface area contributed by atoms with E-state index < -0.39 is 0 Å². The Morgan fingerprint density at radius 3 is 1.74 bits per heavy atom. The van der Waals surface area contributed by atoms with Gasteiger partial charge in [0.2, 0.25) is 0 Å². The third-order valence-electron chi connectivity index (χ3n) is 14.1. The lowest BCUT2D eigenvalue weighted by atomic mass is 9.95. The highest BCUT2D eigenvalue weighted by atomic mass is 15.2. The van der Waals surface area contributed by atoms with Gasteiger partial charge in [0.25, 0.3) is 0 Å². The Labute approximate surface area is 360 Å². The van der Waals surface area contributed by atoms with E-state index in [9.17, 15) is 0 Å². The van der Waals surface area contributed by atoms with Crippen molar-refractivity contribution in [1.82, 2.24) is 8.80 Å². The highest BCUT2D eigenvalue weighted by Gasteiger charge is 2.30. The Morgan fingerprint density at radius 2 is 1.08 bits per heavy atom. The van der Waals surface area contributed by atoms with Gasteiger partial charge >= 0.3 is 0 Å². The molecule has 0 fully saturated rings. The molecule has 0 saturated heterocycles. The molecule has 4 heterocycles. The molecule has 1 atom stereocenters. The van der Waals surface area contributed by atoms with E-state index in [2.05, 4.69) is 210 Å². The van der Waals surface area contributed by atoms with E-state index in [0.29, 0.717) is 0 Å². The topological polar surface area (TPSA) is 15.3 Å². The molecule has 0 saturated carbocycles. The molecule has 0 bridgehead atoms. The molecule has 0 amide bonds. The van der Waals surface area contributed by atoms with Crippen molar-refractivity contribution in [2.75, 3.05) is 9.80 Å². The molecular formula is C58H46N4. The average Bonchev–Trinajstić information content (AvgIpc) is 4.02. The van der Waals surface area contributed by atoms with Gasteiger partial charge in [-0.1, -0.05) is 119 Å². The second-order valence-corrected chi connectivity index (χ2v) is 17.9. The molecule has 4 aromatic heterocycles. The number of aromatic nitrogens is 2. The number of para-hydroxylation sites is 2. The van der Waals surface area contributed by atoms with Crippen molar-refractivity contribution in [3.8, 4) is 0 Å². The van der Waals surface area contributed by atoms with Gasteiger partial charge in [-0.25, -0.2) is 0 Å². The molecule has 1 unspecified atom stereocenters. The summed E-state index contributed by atoms with van der Waals surface area (Å²) in [6.07, 6.45) is 9.93. The van der Waals surface area contributed by atoms with Crippen LogP contribution in [0.15, 0.2) is 169 Å². The number of anilines is 4. The van der Waals surface area contributed by atoms with E-state index in [1.807, 2.05) is 0 Å². The number of rotatable bonds is 6. The molecule has 0 N–H and O–H groups in total. The van der Waals surface area contributed by atoms with Crippen molar-refractivity contribution in [3.05, 3.63) is 197 Å². The molecule has 298 valence electrons. The average molecular weight is 799 g/mol. The van der Waals surface area contributed by atoms with E-state index in [-0.39, 0.29) is 6.04 Å². The van der Waals surface area contributed by atoms with Gasteiger partial charge in [-0.3, -0.25) is 0 Å². The zero-order valence-corrected chi connectivity index (χ0v) is 35.6. The van der Waals surface area contributed by atoms with Crippen LogP contribution in [0.5, 0.6) is 0 Å². The van der Waals surface area contributed by atoms with Crippen LogP contribution in [0.4, 0.5) is 22.7 Å². The first-order valence-electron chi connectivity index (χ1n) is 22.2. The Hall–Kier alpha value is -7.30. The minimum atomic E-state index is 0.205. The normalized spacial score (nSPS) is 15.4. The monoisotopic (exact) mass is 798 g/mol. The van der Waals surface area contributed by atoms with Gasteiger partial charge in [-0.2, -0.15) is 0 Å². The maximum Gasteiger partial charge on any atom is 0.0641 e. The van der Waals surface area contributed by atoms with Crippen molar-refractivity contribution in [1.29, 1.82) is 0 Å². The van der Waals surface area contributed by atoms with Crippen LogP contribution in [-0.4, -0.2) is 14.8 Å². The molecule has 13 rings (SSSR count). The highest BCUT2D eigenvalue weighted by Crippen LogP contribution is 2.48. The first-order chi connectivity index (χ1) is 30.4. The lowest BCUT2D eigenvalue weighted by Crippen LogP contribution is -2.30. The van der Waals surface area contributed by atoms with Crippen molar-refractivity contribution in [3.63, 3.8) is 0 Å². The van der Waals surface area contributed by atoms with E-state index >= 15 is 0 Å². The summed E-state index contributed by atoms with van der Waals surface area (Å²) in [5.74, 6) is 0. The molecule has 2 aliphatic carbocycles. The Kier molecular flexibility index (Phi) is 7.49. The summed E-state index contributed by atoms with van der Waals surface area (Å²) in [6.45, 7) is 8.72. The Morgan fingerprint density at radius 1 is 0.500 bits per heavy atom. The van der Waals surface area contributed by atoms with Gasteiger partial charge in [-0.05, 0) is 119 Å². The molecule has 11 aromatic rings. The summed E-state index contributed by atoms with van der Waals surface area (Å²) < 4.78 is 5.18. The number of fused-ring (bicyclic) bond motifs is 12. The summed E-state index contributed by atoms with van der Waals surface area (Å²) in [5.41, 5.74) is 20.6. The standard InChI is InChI=1S/C58H46N4/c1-35-13-21-39(22-14-35)59(40-23-15-36(2)16-24-40)51-31-29-43-47-33-54-48(34-53(47)61-49-11-7-5-9-45(49)55(51)57(43)61)44-30-32-52(56-46-10-6-8-12-50(46)62(54)58(44)56)60(41-25-17-37(3)18-26-41)42-27-19-38(4)20-28-42/h5-27,30,32-34,42H,28-29,31H2,1-4H3. The summed E-state index contributed by atoms with van der Waals surface area (Å²) >= 11 is 0. The number of hydrogen-bond donors (Lipinski definition) is 0. The maximum absolute atomic E-state index is 2.60. The van der Waals surface area contributed by atoms with Crippen molar-refractivity contribution in [2.24, 2.45) is 0 Å². The highest BCUT2D eigenvalue weighted by molar-refractivity contribution is 6.28. The van der Waals surface area contributed by atoms with Crippen LogP contribution in [-0.2, 0) is 6.42 Å². The van der Waals surface area contributed by atoms with Gasteiger partial charge in [0.15, 0.2) is 0 Å². The SMILES string of the molecule is CC1=CCC(N(c2ccc(C)cc2)c2ccc3c4cc5c(cc4n4c6ccccc6c2c34)c2c3c(c4ccccc4n35)=C(N(c3ccc(C)cc3)c3ccc(C)cc3)CC2)C=C1. The zero-order valence-electron chi connectivity index (χ0n) is 35.6. The van der Waals surface area contributed by atoms with Gasteiger partial charge < -0.3 is 18.6 Å². The van der Waals surface area contributed by atoms with Crippen LogP contribution in [0.25, 0.3) is 71.1 Å². The van der Waals surface area contributed by atoms with Crippen LogP contribution in [0.2, 0.25) is 0 Å². The predicted molar refractivity (Wildman–Crippen MR) is 263 cm³/mol. The van der Waals surface area contributed by atoms with Crippen LogP contribution in [0.1, 0.15) is 42.0 Å². The van der Waals surface area contributed by atoms with Crippen LogP contribution < -0.4 is 15.0 Å². The number of nitrogens with zero attached hydrogens (tertiary/aromatic N) is 4. The predicted octanol–water partition coefficient (Wildman–Crippen LogP) is 14.3. The first-order valence-corrected chi connectivity index (χ1v) is 22.2. The second-order valence-electron chi connectivity index (χ2n) is 17.9. The number of allylic oxidation sites excluding steroid dienone is 2. The van der Waals surface area contributed by atoms with Crippen molar-refractivity contribution >= 4 is 93.9 Å². The molecule has 7 aromatic carbocycles. The fourth-order valence-electron chi connectivity index (χ4n) is 11.2. The summed E-state index contributed by atoms with van der Waals surface area (Å²) in [5, 5.41) is 9.25. The number of hydrogen-bond acceptors (Lipinski definition) is 2. The largest absolute Gasteiger partial charge is 0.334 e. The summed E-state index contributed by atoms with van der Waals surface area (Å²) in [4.78, 5) is 5.11. The van der Waals surface area contributed by atoms with Gasteiger partial charge in [-0.15, -0.1) is 0 Å². The summed E-state index contributed by atoms with van der Waals surface area (Å²) in [7, 11) is 0. The lowest BCUT2D eigenvalue weighted by molar-refractivity contribution is 0.782. The minimum Gasteiger partial charge on any atom is -0.334 e. The van der Waals surface area contributed by atoms with Crippen LogP contribution >= 0.6 is 0 Å². The molecular weight excluding hydrogens is 753 g/mol. The van der Waals surface area contributed by atoms with Gasteiger partial charge in [0.05, 0.1) is 44.8 Å². The fourth-order valence-corrected chi connectivity index (χ4v) is 11.2. The first kappa shape index (κ1) is 35.5. The molecule has 0 spiro atoms. The quantitative estimate of drug-likeness (QED) is 0.166. The smallest absolute Gasteiger partial charge is 0.0641 e. The zero-order chi connectivity index (χ0) is 41.4. The molecule has 0 aliphatic heterocycles. The second kappa shape index (κ2) is 13.1. The van der Waals surface area contributed by atoms with Crippen LogP contribution in [0, 0.1) is 20.8 Å². The molecule has 4 heteroatoms. The van der Waals surface area contributed by atoms with E-state index in [0.717, 1.165) is 19.3 Å². The molecule has 0 radical (unpaired) electrons. The van der Waals surface area contributed by atoms with E-state index in [4.69, 9.17) is 0 Å². The van der Waals surface area contributed by atoms with Gasteiger partial charge in [0, 0.05) is 60.3 Å². The lowest BCUT2D eigenvalue weighted by Gasteiger charge is -2.34. The Bertz CT molecular complexity index is 3700. The fraction of sp³-hybridized carbons (Fsp3) is 0.138. The van der Waals surface area contributed by atoms with Crippen molar-refractivity contribution < 1.29 is 0 Å². The van der Waals surface area contributed by atoms with Crippen LogP contribution in [0.3, 0.4) is 0 Å². The van der Waals surface area contributed by atoms with E-state index in [1.54, 1.807) is 0 Å². The third-order valence-corrected chi connectivity index (χ3v) is 14.1. The van der Waals surface area contributed by atoms with E-state index in [1.165, 1.54) is 127 Å². The Balaban J connectivity index is 1.11. The molecule has 4 nitrogen and oxygen atoms in total. The summed E-state index contributed by atoms with van der Waals surface area (Å²) in [6, 6.07) is 55.4. The minimum absolute atomic E-state index is 0.205.